The number of carbonyl (C=O) groups excluding carboxylic acids is 1. The summed E-state index contributed by atoms with van der Waals surface area (Å²) in [6.45, 7) is 8.39. The van der Waals surface area contributed by atoms with Crippen LogP contribution in [-0.2, 0) is 20.9 Å². The third kappa shape index (κ3) is 6.82. The van der Waals surface area contributed by atoms with Crippen LogP contribution in [0.4, 0.5) is 29.3 Å². The molecule has 0 bridgehead atoms. The molecule has 198 valence electrons. The summed E-state index contributed by atoms with van der Waals surface area (Å²) in [7, 11) is -4.45. The molecular weight excluding hydrogens is 499 g/mol. The first kappa shape index (κ1) is 27.6. The third-order valence-corrected chi connectivity index (χ3v) is 6.81. The standard InChI is InChI=1S/C24H30F3N3O5S/c1-22(2,3)35-21(31)29-16-9-10-20-19(12-16)30(14-17(34-20)13-23(4,5)28)36(32,33)18-8-6-7-15(11-18)24(25,26)27/h6-12,17H,13-14,28H2,1-5H3,(H,29,31). The van der Waals surface area contributed by atoms with E-state index in [1.165, 1.54) is 18.2 Å². The highest BCUT2D eigenvalue weighted by atomic mass is 32.2. The molecule has 0 aromatic heterocycles. The third-order valence-electron chi connectivity index (χ3n) is 5.04. The second kappa shape index (κ2) is 9.47. The maximum absolute atomic E-state index is 13.6. The molecule has 1 amide bonds. The van der Waals surface area contributed by atoms with Crippen LogP contribution in [0.2, 0.25) is 0 Å². The number of benzene rings is 2. The Kier molecular flexibility index (Phi) is 7.26. The molecule has 36 heavy (non-hydrogen) atoms. The summed E-state index contributed by atoms with van der Waals surface area (Å²) in [5.74, 6) is 0.181. The second-order valence-corrected chi connectivity index (χ2v) is 12.2. The SMILES string of the molecule is CC(C)(N)CC1CN(S(=O)(=O)c2cccc(C(F)(F)F)c2)c2cc(NC(=O)OC(C)(C)C)ccc2O1. The van der Waals surface area contributed by atoms with Crippen molar-refractivity contribution in [2.45, 2.75) is 69.4 Å². The first-order chi connectivity index (χ1) is 16.3. The van der Waals surface area contributed by atoms with Gasteiger partial charge in [0, 0.05) is 17.6 Å². The fourth-order valence-corrected chi connectivity index (χ4v) is 5.24. The molecular formula is C24H30F3N3O5S. The van der Waals surface area contributed by atoms with Gasteiger partial charge in [0.25, 0.3) is 10.0 Å². The van der Waals surface area contributed by atoms with Crippen molar-refractivity contribution >= 4 is 27.5 Å². The van der Waals surface area contributed by atoms with E-state index in [2.05, 4.69) is 5.32 Å². The van der Waals surface area contributed by atoms with Gasteiger partial charge in [-0.3, -0.25) is 9.62 Å². The number of amides is 1. The summed E-state index contributed by atoms with van der Waals surface area (Å²) in [6, 6.07) is 7.89. The molecule has 1 atom stereocenters. The van der Waals surface area contributed by atoms with E-state index in [0.717, 1.165) is 22.5 Å². The highest BCUT2D eigenvalue weighted by Gasteiger charge is 2.38. The molecule has 2 aromatic carbocycles. The molecule has 0 radical (unpaired) electrons. The van der Waals surface area contributed by atoms with E-state index in [-0.39, 0.29) is 30.1 Å². The van der Waals surface area contributed by atoms with Crippen LogP contribution in [0.25, 0.3) is 0 Å². The second-order valence-electron chi connectivity index (χ2n) is 10.3. The van der Waals surface area contributed by atoms with Crippen LogP contribution in [0.5, 0.6) is 5.75 Å². The predicted molar refractivity (Wildman–Crippen MR) is 130 cm³/mol. The zero-order valence-electron chi connectivity index (χ0n) is 20.6. The molecule has 3 rings (SSSR count). The average molecular weight is 530 g/mol. The molecule has 1 aliphatic heterocycles. The van der Waals surface area contributed by atoms with Crippen molar-refractivity contribution in [3.05, 3.63) is 48.0 Å². The summed E-state index contributed by atoms with van der Waals surface area (Å²) in [6.07, 6.45) is -5.86. The number of fused-ring (bicyclic) bond motifs is 1. The highest BCUT2D eigenvalue weighted by Crippen LogP contribution is 2.41. The Balaban J connectivity index is 2.05. The van der Waals surface area contributed by atoms with Crippen molar-refractivity contribution in [3.63, 3.8) is 0 Å². The number of sulfonamides is 1. The van der Waals surface area contributed by atoms with E-state index < -0.39 is 50.0 Å². The molecule has 3 N–H and O–H groups in total. The molecule has 1 heterocycles. The number of hydrogen-bond donors (Lipinski definition) is 2. The fraction of sp³-hybridized carbons (Fsp3) is 0.458. The van der Waals surface area contributed by atoms with Gasteiger partial charge in [-0.05, 0) is 71.0 Å². The number of nitrogens with one attached hydrogen (secondary N) is 1. The predicted octanol–water partition coefficient (Wildman–Crippen LogP) is 5.14. The smallest absolute Gasteiger partial charge is 0.416 e. The molecule has 1 unspecified atom stereocenters. The summed E-state index contributed by atoms with van der Waals surface area (Å²) in [5.41, 5.74) is 3.84. The molecule has 0 saturated heterocycles. The number of rotatable bonds is 5. The molecule has 8 nitrogen and oxygen atoms in total. The first-order valence-electron chi connectivity index (χ1n) is 11.1. The number of nitrogens with two attached hydrogens (primary N) is 1. The van der Waals surface area contributed by atoms with Crippen LogP contribution in [-0.4, -0.2) is 38.3 Å². The number of carbonyl (C=O) groups is 1. The van der Waals surface area contributed by atoms with Crippen LogP contribution in [0, 0.1) is 0 Å². The van der Waals surface area contributed by atoms with Crippen LogP contribution in [0.1, 0.15) is 46.6 Å². The molecule has 0 saturated carbocycles. The number of ether oxygens (including phenoxy) is 2. The lowest BCUT2D eigenvalue weighted by Crippen LogP contribution is -2.48. The van der Waals surface area contributed by atoms with Gasteiger partial charge in [-0.2, -0.15) is 13.2 Å². The van der Waals surface area contributed by atoms with Gasteiger partial charge in [-0.15, -0.1) is 0 Å². The lowest BCUT2D eigenvalue weighted by atomic mass is 9.97. The average Bonchev–Trinajstić information content (AvgIpc) is 2.70. The Morgan fingerprint density at radius 1 is 1.14 bits per heavy atom. The molecule has 2 aromatic rings. The molecule has 0 spiro atoms. The normalized spacial score (nSPS) is 16.7. The summed E-state index contributed by atoms with van der Waals surface area (Å²) in [5, 5.41) is 2.53. The van der Waals surface area contributed by atoms with Crippen molar-refractivity contribution in [1.82, 2.24) is 0 Å². The minimum Gasteiger partial charge on any atom is -0.486 e. The monoisotopic (exact) mass is 529 g/mol. The van der Waals surface area contributed by atoms with Gasteiger partial charge < -0.3 is 15.2 Å². The van der Waals surface area contributed by atoms with Crippen molar-refractivity contribution in [3.8, 4) is 5.75 Å². The first-order valence-corrected chi connectivity index (χ1v) is 12.6. The Morgan fingerprint density at radius 2 is 1.81 bits per heavy atom. The zero-order chi connectivity index (χ0) is 27.1. The molecule has 0 aliphatic carbocycles. The number of hydrogen-bond acceptors (Lipinski definition) is 6. The molecule has 1 aliphatic rings. The lowest BCUT2D eigenvalue weighted by molar-refractivity contribution is -0.137. The van der Waals surface area contributed by atoms with Crippen molar-refractivity contribution in [1.29, 1.82) is 0 Å². The van der Waals surface area contributed by atoms with Gasteiger partial charge in [-0.25, -0.2) is 13.2 Å². The van der Waals surface area contributed by atoms with Gasteiger partial charge in [0.1, 0.15) is 17.5 Å². The minimum absolute atomic E-state index is 0.0621. The maximum atomic E-state index is 13.6. The van der Waals surface area contributed by atoms with Crippen LogP contribution in [0.15, 0.2) is 47.4 Å². The number of nitrogens with zero attached hydrogens (tertiary/aromatic N) is 1. The quantitative estimate of drug-likeness (QED) is 0.555. The van der Waals surface area contributed by atoms with E-state index in [1.54, 1.807) is 34.6 Å². The van der Waals surface area contributed by atoms with Crippen molar-refractivity contribution in [2.75, 3.05) is 16.2 Å². The van der Waals surface area contributed by atoms with E-state index in [0.29, 0.717) is 6.07 Å². The Labute approximate surface area is 208 Å². The van der Waals surface area contributed by atoms with Gasteiger partial charge in [-0.1, -0.05) is 6.07 Å². The zero-order valence-corrected chi connectivity index (χ0v) is 21.5. The van der Waals surface area contributed by atoms with E-state index in [9.17, 15) is 26.4 Å². The fourth-order valence-electron chi connectivity index (χ4n) is 3.69. The van der Waals surface area contributed by atoms with Crippen LogP contribution in [0.3, 0.4) is 0 Å². The number of halogens is 3. The largest absolute Gasteiger partial charge is 0.486 e. The lowest BCUT2D eigenvalue weighted by Gasteiger charge is -2.38. The van der Waals surface area contributed by atoms with E-state index in [4.69, 9.17) is 15.2 Å². The topological polar surface area (TPSA) is 111 Å². The van der Waals surface area contributed by atoms with E-state index in [1.807, 2.05) is 0 Å². The van der Waals surface area contributed by atoms with Gasteiger partial charge in [0.15, 0.2) is 0 Å². The van der Waals surface area contributed by atoms with E-state index >= 15 is 0 Å². The molecule has 0 fully saturated rings. The molecule has 12 heteroatoms. The summed E-state index contributed by atoms with van der Waals surface area (Å²) < 4.78 is 79.3. The van der Waals surface area contributed by atoms with Crippen molar-refractivity contribution in [2.24, 2.45) is 5.73 Å². The van der Waals surface area contributed by atoms with Crippen molar-refractivity contribution < 1.29 is 35.9 Å². The Hall–Kier alpha value is -2.99. The Morgan fingerprint density at radius 3 is 2.39 bits per heavy atom. The highest BCUT2D eigenvalue weighted by molar-refractivity contribution is 7.92. The minimum atomic E-state index is -4.72. The maximum Gasteiger partial charge on any atom is 0.416 e. The van der Waals surface area contributed by atoms with Gasteiger partial charge >= 0.3 is 12.3 Å². The van der Waals surface area contributed by atoms with Gasteiger partial charge in [0.05, 0.1) is 22.7 Å². The van der Waals surface area contributed by atoms with Crippen LogP contribution >= 0.6 is 0 Å². The van der Waals surface area contributed by atoms with Crippen LogP contribution < -0.4 is 20.1 Å². The Bertz CT molecular complexity index is 1230. The summed E-state index contributed by atoms with van der Waals surface area (Å²) >= 11 is 0. The van der Waals surface area contributed by atoms with Gasteiger partial charge in [0.2, 0.25) is 0 Å². The number of alkyl halides is 3. The number of anilines is 2. The summed E-state index contributed by atoms with van der Waals surface area (Å²) in [4.78, 5) is 11.7.